The Morgan fingerprint density at radius 2 is 1.69 bits per heavy atom. The maximum atomic E-state index is 11.5. The first-order valence-electron chi connectivity index (χ1n) is 5.07. The molecule has 4 heteroatoms. The van der Waals surface area contributed by atoms with E-state index in [4.69, 9.17) is 0 Å². The minimum Gasteiger partial charge on any atom is -0.506 e. The Kier molecular flexibility index (Phi) is 3.07. The van der Waals surface area contributed by atoms with Crippen molar-refractivity contribution >= 4 is 9.84 Å². The lowest BCUT2D eigenvalue weighted by atomic mass is 9.86. The van der Waals surface area contributed by atoms with Crippen molar-refractivity contribution in [2.45, 2.75) is 38.0 Å². The predicted molar refractivity (Wildman–Crippen MR) is 64.7 cm³/mol. The maximum Gasteiger partial charge on any atom is 0.179 e. The summed E-state index contributed by atoms with van der Waals surface area (Å²) >= 11 is 0. The zero-order chi connectivity index (χ0) is 12.7. The summed E-state index contributed by atoms with van der Waals surface area (Å²) in [5, 5.41) is 9.74. The van der Waals surface area contributed by atoms with Crippen LogP contribution in [-0.2, 0) is 15.3 Å². The monoisotopic (exact) mass is 242 g/mol. The Morgan fingerprint density at radius 1 is 1.19 bits per heavy atom. The number of benzene rings is 1. The third-order valence-corrected chi connectivity index (χ3v) is 3.64. The van der Waals surface area contributed by atoms with Crippen molar-refractivity contribution in [3.05, 3.63) is 23.3 Å². The van der Waals surface area contributed by atoms with E-state index in [0.29, 0.717) is 5.56 Å². The molecule has 0 aromatic heterocycles. The molecule has 0 amide bonds. The molecule has 0 heterocycles. The summed E-state index contributed by atoms with van der Waals surface area (Å²) < 4.78 is 23.1. The summed E-state index contributed by atoms with van der Waals surface area (Å²) in [6, 6.07) is 3.38. The van der Waals surface area contributed by atoms with Crippen LogP contribution in [0.25, 0.3) is 0 Å². The Balaban J connectivity index is 3.59. The molecule has 0 aliphatic carbocycles. The van der Waals surface area contributed by atoms with E-state index in [0.717, 1.165) is 11.8 Å². The minimum absolute atomic E-state index is 0.0115. The Morgan fingerprint density at radius 3 is 2.06 bits per heavy atom. The van der Waals surface area contributed by atoms with Crippen molar-refractivity contribution < 1.29 is 13.5 Å². The molecule has 0 aliphatic rings. The van der Waals surface area contributed by atoms with E-state index >= 15 is 0 Å². The summed E-state index contributed by atoms with van der Waals surface area (Å²) in [6.45, 7) is 7.72. The van der Waals surface area contributed by atoms with Crippen LogP contribution in [0.15, 0.2) is 17.0 Å². The molecule has 1 aromatic rings. The normalized spacial score (nSPS) is 12.8. The zero-order valence-corrected chi connectivity index (χ0v) is 11.1. The van der Waals surface area contributed by atoms with Crippen LogP contribution < -0.4 is 0 Å². The molecule has 0 atom stereocenters. The summed E-state index contributed by atoms with van der Waals surface area (Å²) in [7, 11) is -3.39. The molecule has 0 bridgehead atoms. The van der Waals surface area contributed by atoms with Crippen LogP contribution in [0.3, 0.4) is 0 Å². The molecule has 90 valence electrons. The second kappa shape index (κ2) is 3.77. The third-order valence-electron chi connectivity index (χ3n) is 2.53. The lowest BCUT2D eigenvalue weighted by Gasteiger charge is -2.21. The molecule has 0 spiro atoms. The van der Waals surface area contributed by atoms with Gasteiger partial charge in [-0.2, -0.15) is 0 Å². The number of aryl methyl sites for hydroxylation is 1. The van der Waals surface area contributed by atoms with E-state index in [-0.39, 0.29) is 16.1 Å². The van der Waals surface area contributed by atoms with E-state index in [1.807, 2.05) is 26.8 Å². The Labute approximate surface area is 97.0 Å². The van der Waals surface area contributed by atoms with Gasteiger partial charge in [0, 0.05) is 6.26 Å². The summed E-state index contributed by atoms with van der Waals surface area (Å²) in [4.78, 5) is 0.0115. The van der Waals surface area contributed by atoms with Gasteiger partial charge in [-0.05, 0) is 29.5 Å². The number of hydrogen-bond acceptors (Lipinski definition) is 3. The van der Waals surface area contributed by atoms with Gasteiger partial charge in [0.15, 0.2) is 9.84 Å². The van der Waals surface area contributed by atoms with Gasteiger partial charge < -0.3 is 5.11 Å². The summed E-state index contributed by atoms with van der Waals surface area (Å²) in [5.74, 6) is -0.143. The van der Waals surface area contributed by atoms with Gasteiger partial charge in [0.1, 0.15) is 10.6 Å². The second-order valence-corrected chi connectivity index (χ2v) is 7.15. The van der Waals surface area contributed by atoms with E-state index in [2.05, 4.69) is 0 Å². The van der Waals surface area contributed by atoms with E-state index < -0.39 is 9.84 Å². The predicted octanol–water partition coefficient (Wildman–Crippen LogP) is 2.40. The lowest BCUT2D eigenvalue weighted by molar-refractivity contribution is 0.452. The Hall–Kier alpha value is -1.03. The van der Waals surface area contributed by atoms with Crippen LogP contribution in [0.2, 0.25) is 0 Å². The molecule has 1 aromatic carbocycles. The van der Waals surface area contributed by atoms with Gasteiger partial charge >= 0.3 is 0 Å². The van der Waals surface area contributed by atoms with Crippen molar-refractivity contribution in [3.8, 4) is 5.75 Å². The van der Waals surface area contributed by atoms with Crippen LogP contribution in [-0.4, -0.2) is 19.8 Å². The average Bonchev–Trinajstić information content (AvgIpc) is 2.05. The van der Waals surface area contributed by atoms with Crippen LogP contribution in [0.5, 0.6) is 5.75 Å². The molecule has 1 rings (SSSR count). The molecule has 0 saturated carbocycles. The first-order chi connectivity index (χ1) is 7.03. The van der Waals surface area contributed by atoms with Crippen molar-refractivity contribution in [1.29, 1.82) is 0 Å². The highest BCUT2D eigenvalue weighted by Gasteiger charge is 2.21. The minimum atomic E-state index is -3.39. The summed E-state index contributed by atoms with van der Waals surface area (Å²) in [5.41, 5.74) is 1.36. The van der Waals surface area contributed by atoms with Crippen LogP contribution in [0, 0.1) is 6.92 Å². The molecule has 16 heavy (non-hydrogen) atoms. The molecule has 0 saturated heterocycles. The standard InChI is InChI=1S/C12H18O3S/c1-8-6-9(12(2,3)4)7-10(11(8)13)16(5,14)15/h6-7,13H,1-5H3. The van der Waals surface area contributed by atoms with Gasteiger partial charge in [0.05, 0.1) is 0 Å². The van der Waals surface area contributed by atoms with Crippen molar-refractivity contribution in [1.82, 2.24) is 0 Å². The van der Waals surface area contributed by atoms with Crippen LogP contribution in [0.4, 0.5) is 0 Å². The molecule has 0 radical (unpaired) electrons. The van der Waals surface area contributed by atoms with Gasteiger partial charge in [-0.25, -0.2) is 8.42 Å². The fourth-order valence-electron chi connectivity index (χ4n) is 1.46. The molecular weight excluding hydrogens is 224 g/mol. The lowest BCUT2D eigenvalue weighted by Crippen LogP contribution is -2.13. The van der Waals surface area contributed by atoms with Gasteiger partial charge in [-0.1, -0.05) is 26.8 Å². The fraction of sp³-hybridized carbons (Fsp3) is 0.500. The van der Waals surface area contributed by atoms with Gasteiger partial charge in [-0.3, -0.25) is 0 Å². The van der Waals surface area contributed by atoms with Crippen molar-refractivity contribution in [2.24, 2.45) is 0 Å². The topological polar surface area (TPSA) is 54.4 Å². The first-order valence-corrected chi connectivity index (χ1v) is 6.97. The highest BCUT2D eigenvalue weighted by atomic mass is 32.2. The number of sulfone groups is 1. The summed E-state index contributed by atoms with van der Waals surface area (Å²) in [6.07, 6.45) is 1.11. The van der Waals surface area contributed by atoms with E-state index in [1.165, 1.54) is 0 Å². The molecule has 1 N–H and O–H groups in total. The number of rotatable bonds is 1. The number of phenolic OH excluding ortho intramolecular Hbond substituents is 1. The molecule has 0 fully saturated rings. The number of hydrogen-bond donors (Lipinski definition) is 1. The van der Waals surface area contributed by atoms with Crippen molar-refractivity contribution in [2.75, 3.05) is 6.26 Å². The number of aromatic hydroxyl groups is 1. The number of phenols is 1. The highest BCUT2D eigenvalue weighted by molar-refractivity contribution is 7.90. The zero-order valence-electron chi connectivity index (χ0n) is 10.3. The molecule has 0 unspecified atom stereocenters. The molecule has 0 aliphatic heterocycles. The quantitative estimate of drug-likeness (QED) is 0.822. The SMILES string of the molecule is Cc1cc(C(C)(C)C)cc(S(C)(=O)=O)c1O. The molecule has 3 nitrogen and oxygen atoms in total. The molecular formula is C12H18O3S. The third kappa shape index (κ3) is 2.55. The van der Waals surface area contributed by atoms with Crippen molar-refractivity contribution in [3.63, 3.8) is 0 Å². The van der Waals surface area contributed by atoms with Gasteiger partial charge in [0.2, 0.25) is 0 Å². The van der Waals surface area contributed by atoms with Crippen LogP contribution in [0.1, 0.15) is 31.9 Å². The van der Waals surface area contributed by atoms with Crippen LogP contribution >= 0.6 is 0 Å². The Bertz CT molecular complexity index is 508. The van der Waals surface area contributed by atoms with Gasteiger partial charge in [0.25, 0.3) is 0 Å². The van der Waals surface area contributed by atoms with E-state index in [1.54, 1.807) is 13.0 Å². The first kappa shape index (κ1) is 13.0. The highest BCUT2D eigenvalue weighted by Crippen LogP contribution is 2.33. The van der Waals surface area contributed by atoms with E-state index in [9.17, 15) is 13.5 Å². The average molecular weight is 242 g/mol. The van der Waals surface area contributed by atoms with Gasteiger partial charge in [-0.15, -0.1) is 0 Å². The fourth-order valence-corrected chi connectivity index (χ4v) is 2.32. The smallest absolute Gasteiger partial charge is 0.179 e. The second-order valence-electron chi connectivity index (χ2n) is 5.16. The largest absolute Gasteiger partial charge is 0.506 e. The maximum absolute atomic E-state index is 11.5.